The minimum absolute atomic E-state index is 0.0188. The molecule has 0 aliphatic heterocycles. The fourth-order valence-electron chi connectivity index (χ4n) is 2.73. The van der Waals surface area contributed by atoms with Gasteiger partial charge in [-0.1, -0.05) is 23.7 Å². The molecule has 0 spiro atoms. The lowest BCUT2D eigenvalue weighted by atomic mass is 10.2. The van der Waals surface area contributed by atoms with E-state index in [2.05, 4.69) is 10.5 Å². The normalized spacial score (nSPS) is 10.7. The largest absolute Gasteiger partial charge is 0.493 e. The fourth-order valence-corrected chi connectivity index (χ4v) is 2.94. The van der Waals surface area contributed by atoms with Crippen LogP contribution in [0.2, 0.25) is 5.02 Å². The van der Waals surface area contributed by atoms with Crippen molar-refractivity contribution in [2.75, 3.05) is 12.5 Å². The summed E-state index contributed by atoms with van der Waals surface area (Å²) in [5.74, 6) is 0.987. The first-order chi connectivity index (χ1) is 15.4. The Morgan fingerprint density at radius 3 is 2.53 bits per heavy atom. The van der Waals surface area contributed by atoms with Gasteiger partial charge in [0, 0.05) is 11.1 Å². The van der Waals surface area contributed by atoms with Gasteiger partial charge in [-0.2, -0.15) is 5.10 Å². The van der Waals surface area contributed by atoms with Crippen LogP contribution in [0.25, 0.3) is 0 Å². The lowest BCUT2D eigenvalue weighted by molar-refractivity contribution is -0.393. The Morgan fingerprint density at radius 1 is 1.03 bits per heavy atom. The standard InChI is InChI=1S/C21H17ClN4O6/c1-31-21-10-14(5-8-20(21)32-13-15-3-2-4-16(22)9-15)12-23-24-18-7-6-17(25(27)28)11-19(18)26(29)30/h2-12,24H,13H2,1H3/b23-12-. The topological polar surface area (TPSA) is 129 Å². The summed E-state index contributed by atoms with van der Waals surface area (Å²) in [6.45, 7) is 0.301. The van der Waals surface area contributed by atoms with E-state index in [1.165, 1.54) is 19.4 Å². The summed E-state index contributed by atoms with van der Waals surface area (Å²) in [6.07, 6.45) is 1.43. The van der Waals surface area contributed by atoms with Gasteiger partial charge in [0.2, 0.25) is 0 Å². The zero-order valence-corrected chi connectivity index (χ0v) is 17.5. The predicted molar refractivity (Wildman–Crippen MR) is 120 cm³/mol. The number of nitrogens with zero attached hydrogens (tertiary/aromatic N) is 3. The first-order valence-corrected chi connectivity index (χ1v) is 9.52. The van der Waals surface area contributed by atoms with Crippen molar-refractivity contribution in [1.29, 1.82) is 0 Å². The molecule has 0 fully saturated rings. The fraction of sp³-hybridized carbons (Fsp3) is 0.0952. The second-order valence-corrected chi connectivity index (χ2v) is 6.85. The molecule has 11 heteroatoms. The third-order valence-corrected chi connectivity index (χ3v) is 4.49. The van der Waals surface area contributed by atoms with Crippen LogP contribution in [0.3, 0.4) is 0 Å². The van der Waals surface area contributed by atoms with Gasteiger partial charge in [0.15, 0.2) is 11.5 Å². The second-order valence-electron chi connectivity index (χ2n) is 6.41. The van der Waals surface area contributed by atoms with Gasteiger partial charge in [0.1, 0.15) is 12.3 Å². The summed E-state index contributed by atoms with van der Waals surface area (Å²) in [4.78, 5) is 20.6. The molecule has 0 unspecified atom stereocenters. The van der Waals surface area contributed by atoms with Gasteiger partial charge < -0.3 is 9.47 Å². The number of nitrogens with one attached hydrogen (secondary N) is 1. The van der Waals surface area contributed by atoms with Gasteiger partial charge in [-0.25, -0.2) is 0 Å². The van der Waals surface area contributed by atoms with E-state index < -0.39 is 15.5 Å². The number of nitro benzene ring substituents is 2. The summed E-state index contributed by atoms with van der Waals surface area (Å²) in [5.41, 5.74) is 3.24. The Balaban J connectivity index is 1.71. The monoisotopic (exact) mass is 456 g/mol. The van der Waals surface area contributed by atoms with Crippen LogP contribution in [0.1, 0.15) is 11.1 Å². The SMILES string of the molecule is COc1cc(/C=N\Nc2ccc([N+](=O)[O-])cc2[N+](=O)[O-])ccc1OCc1cccc(Cl)c1. The average molecular weight is 457 g/mol. The highest BCUT2D eigenvalue weighted by Crippen LogP contribution is 2.30. The van der Waals surface area contributed by atoms with Crippen LogP contribution in [-0.4, -0.2) is 23.2 Å². The van der Waals surface area contributed by atoms with E-state index in [0.717, 1.165) is 17.7 Å². The maximum Gasteiger partial charge on any atom is 0.301 e. The van der Waals surface area contributed by atoms with E-state index in [1.807, 2.05) is 12.1 Å². The maximum absolute atomic E-state index is 11.2. The Kier molecular flexibility index (Phi) is 7.19. The van der Waals surface area contributed by atoms with Crippen molar-refractivity contribution in [3.8, 4) is 11.5 Å². The van der Waals surface area contributed by atoms with Crippen molar-refractivity contribution in [3.05, 3.63) is 97.0 Å². The van der Waals surface area contributed by atoms with Gasteiger partial charge in [-0.3, -0.25) is 25.7 Å². The smallest absolute Gasteiger partial charge is 0.301 e. The van der Waals surface area contributed by atoms with Gasteiger partial charge in [0.25, 0.3) is 5.69 Å². The van der Waals surface area contributed by atoms with Gasteiger partial charge in [0.05, 0.1) is 29.2 Å². The average Bonchev–Trinajstić information content (AvgIpc) is 2.78. The number of rotatable bonds is 9. The van der Waals surface area contributed by atoms with Crippen molar-refractivity contribution in [3.63, 3.8) is 0 Å². The van der Waals surface area contributed by atoms with Crippen molar-refractivity contribution in [1.82, 2.24) is 0 Å². The van der Waals surface area contributed by atoms with Crippen LogP contribution >= 0.6 is 11.6 Å². The number of hydrogen-bond donors (Lipinski definition) is 1. The minimum Gasteiger partial charge on any atom is -0.493 e. The van der Waals surface area contributed by atoms with E-state index in [9.17, 15) is 20.2 Å². The highest BCUT2D eigenvalue weighted by molar-refractivity contribution is 6.30. The first kappa shape index (κ1) is 22.5. The van der Waals surface area contributed by atoms with Crippen LogP contribution < -0.4 is 14.9 Å². The molecule has 10 nitrogen and oxygen atoms in total. The third-order valence-electron chi connectivity index (χ3n) is 4.26. The highest BCUT2D eigenvalue weighted by Gasteiger charge is 2.19. The number of methoxy groups -OCH3 is 1. The molecule has 0 atom stereocenters. The Hall–Kier alpha value is -4.18. The Labute approximate surface area is 187 Å². The molecule has 0 bridgehead atoms. The van der Waals surface area contributed by atoms with Crippen LogP contribution in [-0.2, 0) is 6.61 Å². The molecule has 0 saturated heterocycles. The summed E-state index contributed by atoms with van der Waals surface area (Å²) < 4.78 is 11.2. The highest BCUT2D eigenvalue weighted by atomic mass is 35.5. The molecular formula is C21H17ClN4O6. The van der Waals surface area contributed by atoms with Crippen molar-refractivity contribution in [2.24, 2.45) is 5.10 Å². The van der Waals surface area contributed by atoms with E-state index in [4.69, 9.17) is 21.1 Å². The van der Waals surface area contributed by atoms with Crippen molar-refractivity contribution >= 4 is 34.9 Å². The molecule has 0 aliphatic rings. The number of ether oxygens (including phenoxy) is 2. The maximum atomic E-state index is 11.2. The molecule has 3 aromatic rings. The van der Waals surface area contributed by atoms with Crippen LogP contribution in [0.15, 0.2) is 65.8 Å². The Bertz CT molecular complexity index is 1180. The number of non-ortho nitro benzene ring substituents is 1. The number of nitro groups is 2. The van der Waals surface area contributed by atoms with E-state index in [1.54, 1.807) is 30.3 Å². The predicted octanol–water partition coefficient (Wildman–Crippen LogP) is 5.19. The summed E-state index contributed by atoms with van der Waals surface area (Å²) >= 11 is 5.98. The lowest BCUT2D eigenvalue weighted by Gasteiger charge is -2.11. The molecule has 0 heterocycles. The third kappa shape index (κ3) is 5.70. The molecule has 0 aromatic heterocycles. The summed E-state index contributed by atoms with van der Waals surface area (Å²) in [5, 5.41) is 26.6. The first-order valence-electron chi connectivity index (χ1n) is 9.14. The number of anilines is 1. The number of benzene rings is 3. The molecule has 3 rings (SSSR count). The van der Waals surface area contributed by atoms with Crippen molar-refractivity contribution in [2.45, 2.75) is 6.61 Å². The molecule has 0 saturated carbocycles. The molecule has 0 aliphatic carbocycles. The summed E-state index contributed by atoms with van der Waals surface area (Å²) in [7, 11) is 1.50. The van der Waals surface area contributed by atoms with Crippen LogP contribution in [0.5, 0.6) is 11.5 Å². The zero-order chi connectivity index (χ0) is 23.1. The van der Waals surface area contributed by atoms with Gasteiger partial charge in [-0.05, 0) is 47.5 Å². The Morgan fingerprint density at radius 2 is 1.84 bits per heavy atom. The zero-order valence-electron chi connectivity index (χ0n) is 16.7. The molecule has 1 N–H and O–H groups in total. The van der Waals surface area contributed by atoms with Gasteiger partial charge in [-0.15, -0.1) is 0 Å². The van der Waals surface area contributed by atoms with Crippen molar-refractivity contribution < 1.29 is 19.3 Å². The quantitative estimate of drug-likeness (QED) is 0.266. The lowest BCUT2D eigenvalue weighted by Crippen LogP contribution is -2.00. The summed E-state index contributed by atoms with van der Waals surface area (Å²) in [6, 6.07) is 15.7. The molecular weight excluding hydrogens is 440 g/mol. The number of hydrogen-bond acceptors (Lipinski definition) is 8. The van der Waals surface area contributed by atoms with E-state index in [0.29, 0.717) is 28.7 Å². The molecule has 0 amide bonds. The molecule has 3 aromatic carbocycles. The van der Waals surface area contributed by atoms with E-state index in [-0.39, 0.29) is 11.4 Å². The molecule has 0 radical (unpaired) electrons. The van der Waals surface area contributed by atoms with Crippen LogP contribution in [0.4, 0.5) is 17.1 Å². The van der Waals surface area contributed by atoms with Crippen LogP contribution in [0, 0.1) is 20.2 Å². The van der Waals surface area contributed by atoms with E-state index >= 15 is 0 Å². The number of hydrazone groups is 1. The second kappa shape index (κ2) is 10.2. The molecule has 32 heavy (non-hydrogen) atoms. The van der Waals surface area contributed by atoms with Gasteiger partial charge >= 0.3 is 5.69 Å². The number of halogens is 1. The minimum atomic E-state index is -0.722. The molecule has 164 valence electrons.